The van der Waals surface area contributed by atoms with Gasteiger partial charge < -0.3 is 10.2 Å². The molecule has 1 aromatic heterocycles. The zero-order valence-corrected chi connectivity index (χ0v) is 14.2. The van der Waals surface area contributed by atoms with Crippen molar-refractivity contribution in [3.8, 4) is 0 Å². The number of tetrazole rings is 1. The highest BCUT2D eigenvalue weighted by Crippen LogP contribution is 2.30. The maximum atomic E-state index is 12.1. The van der Waals surface area contributed by atoms with Crippen LogP contribution in [0, 0.1) is 5.92 Å². The van der Waals surface area contributed by atoms with E-state index in [2.05, 4.69) is 36.7 Å². The second kappa shape index (κ2) is 7.18. The average Bonchev–Trinajstić information content (AvgIpc) is 3.29. The Morgan fingerprint density at radius 1 is 1.20 bits per heavy atom. The summed E-state index contributed by atoms with van der Waals surface area (Å²) in [4.78, 5) is 17.0. The van der Waals surface area contributed by atoms with E-state index in [0.29, 0.717) is 0 Å². The normalized spacial score (nSPS) is 18.3. The first kappa shape index (κ1) is 16.0. The lowest BCUT2D eigenvalue weighted by Crippen LogP contribution is -2.47. The Morgan fingerprint density at radius 2 is 2.04 bits per heavy atom. The molecule has 8 nitrogen and oxygen atoms in total. The highest BCUT2D eigenvalue weighted by Gasteiger charge is 2.26. The Hall–Kier alpha value is -2.48. The molecule has 1 aromatic carbocycles. The SMILES string of the molecule is O=C(Cn1cnnn1)Nc1cccc(N2CCN(CC3CC3)CC2)c1. The number of hydrogen-bond acceptors (Lipinski definition) is 6. The van der Waals surface area contributed by atoms with Gasteiger partial charge in [0.15, 0.2) is 0 Å². The van der Waals surface area contributed by atoms with E-state index in [4.69, 9.17) is 0 Å². The minimum Gasteiger partial charge on any atom is -0.369 e. The van der Waals surface area contributed by atoms with Crippen molar-refractivity contribution in [2.45, 2.75) is 19.4 Å². The van der Waals surface area contributed by atoms with Crippen LogP contribution in [0.3, 0.4) is 0 Å². The molecule has 0 spiro atoms. The summed E-state index contributed by atoms with van der Waals surface area (Å²) in [7, 11) is 0. The van der Waals surface area contributed by atoms with Crippen LogP contribution in [0.4, 0.5) is 11.4 Å². The van der Waals surface area contributed by atoms with Crippen molar-refractivity contribution in [3.63, 3.8) is 0 Å². The summed E-state index contributed by atoms with van der Waals surface area (Å²) < 4.78 is 1.40. The van der Waals surface area contributed by atoms with E-state index in [1.165, 1.54) is 30.4 Å². The number of aromatic nitrogens is 4. The third-order valence-corrected chi connectivity index (χ3v) is 4.78. The Bertz CT molecular complexity index is 706. The van der Waals surface area contributed by atoms with Crippen LogP contribution in [0.1, 0.15) is 12.8 Å². The van der Waals surface area contributed by atoms with Crippen molar-refractivity contribution < 1.29 is 4.79 Å². The molecule has 0 unspecified atom stereocenters. The van der Waals surface area contributed by atoms with Crippen LogP contribution in [0.15, 0.2) is 30.6 Å². The number of rotatable bonds is 6. The maximum absolute atomic E-state index is 12.1. The molecule has 1 N–H and O–H groups in total. The van der Waals surface area contributed by atoms with Crippen LogP contribution in [0.5, 0.6) is 0 Å². The van der Waals surface area contributed by atoms with Gasteiger partial charge in [-0.3, -0.25) is 9.69 Å². The molecule has 0 bridgehead atoms. The van der Waals surface area contributed by atoms with Gasteiger partial charge in [0.05, 0.1) is 0 Å². The molecule has 2 aromatic rings. The summed E-state index contributed by atoms with van der Waals surface area (Å²) in [5.74, 6) is 0.809. The fraction of sp³-hybridized carbons (Fsp3) is 0.529. The summed E-state index contributed by atoms with van der Waals surface area (Å²) in [5.41, 5.74) is 1.96. The van der Waals surface area contributed by atoms with E-state index in [1.54, 1.807) is 0 Å². The number of carbonyl (C=O) groups excluding carboxylic acids is 1. The van der Waals surface area contributed by atoms with Gasteiger partial charge in [0, 0.05) is 44.1 Å². The summed E-state index contributed by atoms with van der Waals surface area (Å²) >= 11 is 0. The fourth-order valence-corrected chi connectivity index (χ4v) is 3.23. The number of benzene rings is 1. The van der Waals surface area contributed by atoms with Crippen LogP contribution < -0.4 is 10.2 Å². The van der Waals surface area contributed by atoms with Gasteiger partial charge in [-0.15, -0.1) is 5.10 Å². The molecule has 1 amide bonds. The van der Waals surface area contributed by atoms with Gasteiger partial charge in [0.1, 0.15) is 12.9 Å². The smallest absolute Gasteiger partial charge is 0.246 e. The number of nitrogens with zero attached hydrogens (tertiary/aromatic N) is 6. The third-order valence-electron chi connectivity index (χ3n) is 4.78. The minimum atomic E-state index is -0.140. The number of amides is 1. The molecule has 1 saturated heterocycles. The molecule has 2 heterocycles. The van der Waals surface area contributed by atoms with Gasteiger partial charge in [0.25, 0.3) is 0 Å². The molecule has 1 aliphatic heterocycles. The zero-order valence-electron chi connectivity index (χ0n) is 14.2. The lowest BCUT2D eigenvalue weighted by atomic mass is 10.2. The molecule has 1 aliphatic carbocycles. The second-order valence-corrected chi connectivity index (χ2v) is 6.84. The summed E-state index contributed by atoms with van der Waals surface area (Å²) in [5, 5.41) is 13.7. The Kier molecular flexibility index (Phi) is 4.60. The fourth-order valence-electron chi connectivity index (χ4n) is 3.23. The molecule has 4 rings (SSSR count). The van der Waals surface area contributed by atoms with E-state index >= 15 is 0 Å². The Labute approximate surface area is 146 Å². The van der Waals surface area contributed by atoms with E-state index < -0.39 is 0 Å². The van der Waals surface area contributed by atoms with Gasteiger partial charge in [-0.1, -0.05) is 6.07 Å². The highest BCUT2D eigenvalue weighted by molar-refractivity contribution is 5.91. The van der Waals surface area contributed by atoms with Crippen molar-refractivity contribution in [2.75, 3.05) is 42.9 Å². The summed E-state index contributed by atoms with van der Waals surface area (Å²) in [6.45, 7) is 5.68. The van der Waals surface area contributed by atoms with Crippen LogP contribution >= 0.6 is 0 Å². The first-order chi connectivity index (χ1) is 12.3. The van der Waals surface area contributed by atoms with Crippen LogP contribution in [-0.2, 0) is 11.3 Å². The van der Waals surface area contributed by atoms with Gasteiger partial charge >= 0.3 is 0 Å². The molecule has 25 heavy (non-hydrogen) atoms. The summed E-state index contributed by atoms with van der Waals surface area (Å²) in [6, 6.07) is 8.03. The van der Waals surface area contributed by atoms with Gasteiger partial charge in [-0.05, 0) is 47.4 Å². The molecule has 0 radical (unpaired) electrons. The molecule has 132 valence electrons. The molecular formula is C17H23N7O. The first-order valence-corrected chi connectivity index (χ1v) is 8.84. The zero-order chi connectivity index (χ0) is 17.1. The van der Waals surface area contributed by atoms with E-state index in [1.807, 2.05) is 18.2 Å². The van der Waals surface area contributed by atoms with Crippen molar-refractivity contribution in [2.24, 2.45) is 5.92 Å². The number of anilines is 2. The van der Waals surface area contributed by atoms with E-state index in [0.717, 1.165) is 43.5 Å². The topological polar surface area (TPSA) is 79.2 Å². The van der Waals surface area contributed by atoms with E-state index in [9.17, 15) is 4.79 Å². The standard InChI is InChI=1S/C17H23N7O/c25-17(12-24-13-18-20-21-24)19-15-2-1-3-16(10-15)23-8-6-22(7-9-23)11-14-4-5-14/h1-3,10,13-14H,4-9,11-12H2,(H,19,25). The van der Waals surface area contributed by atoms with Crippen LogP contribution in [-0.4, -0.2) is 63.7 Å². The predicted molar refractivity (Wildman–Crippen MR) is 94.3 cm³/mol. The third kappa shape index (κ3) is 4.33. The van der Waals surface area contributed by atoms with Crippen LogP contribution in [0.25, 0.3) is 0 Å². The first-order valence-electron chi connectivity index (χ1n) is 8.84. The second-order valence-electron chi connectivity index (χ2n) is 6.84. The van der Waals surface area contributed by atoms with Gasteiger partial charge in [-0.2, -0.15) is 0 Å². The summed E-state index contributed by atoms with van der Waals surface area (Å²) in [6.07, 6.45) is 4.25. The predicted octanol–water partition coefficient (Wildman–Crippen LogP) is 0.844. The van der Waals surface area contributed by atoms with Crippen molar-refractivity contribution in [1.82, 2.24) is 25.1 Å². The van der Waals surface area contributed by atoms with Crippen LogP contribution in [0.2, 0.25) is 0 Å². The average molecular weight is 341 g/mol. The molecule has 2 aliphatic rings. The lowest BCUT2D eigenvalue weighted by Gasteiger charge is -2.36. The molecule has 8 heteroatoms. The molecule has 2 fully saturated rings. The number of hydrogen-bond donors (Lipinski definition) is 1. The number of piperazine rings is 1. The molecule has 0 atom stereocenters. The number of nitrogens with one attached hydrogen (secondary N) is 1. The van der Waals surface area contributed by atoms with E-state index in [-0.39, 0.29) is 12.5 Å². The Morgan fingerprint density at radius 3 is 2.76 bits per heavy atom. The molecule has 1 saturated carbocycles. The van der Waals surface area contributed by atoms with Gasteiger partial charge in [-0.25, -0.2) is 4.68 Å². The lowest BCUT2D eigenvalue weighted by molar-refractivity contribution is -0.116. The van der Waals surface area contributed by atoms with Crippen molar-refractivity contribution in [3.05, 3.63) is 30.6 Å². The minimum absolute atomic E-state index is 0.108. The molecular weight excluding hydrogens is 318 g/mol. The maximum Gasteiger partial charge on any atom is 0.246 e. The quantitative estimate of drug-likeness (QED) is 0.839. The largest absolute Gasteiger partial charge is 0.369 e. The van der Waals surface area contributed by atoms with Crippen molar-refractivity contribution >= 4 is 17.3 Å². The highest BCUT2D eigenvalue weighted by atomic mass is 16.2. The Balaban J connectivity index is 1.32. The monoisotopic (exact) mass is 341 g/mol. The number of carbonyl (C=O) groups is 1. The van der Waals surface area contributed by atoms with Gasteiger partial charge in [0.2, 0.25) is 5.91 Å². The van der Waals surface area contributed by atoms with Crippen molar-refractivity contribution in [1.29, 1.82) is 0 Å².